The Balaban J connectivity index is 2.13. The molecule has 0 aromatic heterocycles. The van der Waals surface area contributed by atoms with Crippen LogP contribution >= 0.6 is 15.9 Å². The Kier molecular flexibility index (Phi) is 4.05. The topological polar surface area (TPSA) is 29.5 Å². The van der Waals surface area contributed by atoms with Crippen molar-refractivity contribution in [1.29, 1.82) is 0 Å². The van der Waals surface area contributed by atoms with E-state index in [-0.39, 0.29) is 5.91 Å². The van der Waals surface area contributed by atoms with E-state index in [9.17, 15) is 4.79 Å². The lowest BCUT2D eigenvalue weighted by Crippen LogP contribution is -2.36. The molecule has 1 atom stereocenters. The van der Waals surface area contributed by atoms with Gasteiger partial charge in [-0.25, -0.2) is 0 Å². The number of benzene rings is 1. The molecule has 1 amide bonds. The smallest absolute Gasteiger partial charge is 0.254 e. The second-order valence-electron chi connectivity index (χ2n) is 4.18. The molecule has 1 aromatic carbocycles. The van der Waals surface area contributed by atoms with Crippen molar-refractivity contribution in [3.63, 3.8) is 0 Å². The number of rotatable bonds is 3. The Morgan fingerprint density at radius 1 is 1.47 bits per heavy atom. The molecule has 1 heterocycles. The Hall–Kier alpha value is -1.03. The zero-order chi connectivity index (χ0) is 12.3. The summed E-state index contributed by atoms with van der Waals surface area (Å²) in [5.74, 6) is 0.898. The summed E-state index contributed by atoms with van der Waals surface area (Å²) in [6.45, 7) is 0.862. The third-order valence-corrected chi connectivity index (χ3v) is 3.90. The highest BCUT2D eigenvalue weighted by molar-refractivity contribution is 9.09. The van der Waals surface area contributed by atoms with E-state index < -0.39 is 0 Å². The van der Waals surface area contributed by atoms with Gasteiger partial charge in [0, 0.05) is 23.5 Å². The summed E-state index contributed by atoms with van der Waals surface area (Å²) in [6, 6.07) is 7.64. The number of amides is 1. The quantitative estimate of drug-likeness (QED) is 0.803. The van der Waals surface area contributed by atoms with E-state index in [2.05, 4.69) is 15.9 Å². The molecule has 1 saturated heterocycles. The van der Waals surface area contributed by atoms with Crippen molar-refractivity contribution in [2.45, 2.75) is 18.9 Å². The minimum absolute atomic E-state index is 0.120. The first kappa shape index (κ1) is 12.4. The van der Waals surface area contributed by atoms with E-state index in [0.29, 0.717) is 6.04 Å². The van der Waals surface area contributed by atoms with E-state index in [0.717, 1.165) is 36.0 Å². The number of likely N-dealkylation sites (tertiary alicyclic amines) is 1. The van der Waals surface area contributed by atoms with Crippen LogP contribution in [0.1, 0.15) is 23.2 Å². The number of hydrogen-bond acceptors (Lipinski definition) is 2. The highest BCUT2D eigenvalue weighted by Gasteiger charge is 2.28. The monoisotopic (exact) mass is 297 g/mol. The fraction of sp³-hybridized carbons (Fsp3) is 0.462. The van der Waals surface area contributed by atoms with Gasteiger partial charge in [0.2, 0.25) is 0 Å². The minimum Gasteiger partial charge on any atom is -0.497 e. The number of alkyl halides is 1. The van der Waals surface area contributed by atoms with Gasteiger partial charge in [0.25, 0.3) is 5.91 Å². The van der Waals surface area contributed by atoms with E-state index in [1.54, 1.807) is 7.11 Å². The lowest BCUT2D eigenvalue weighted by atomic mass is 10.1. The lowest BCUT2D eigenvalue weighted by Gasteiger charge is -2.23. The van der Waals surface area contributed by atoms with Crippen molar-refractivity contribution in [3.8, 4) is 5.75 Å². The summed E-state index contributed by atoms with van der Waals surface area (Å²) in [7, 11) is 1.62. The summed E-state index contributed by atoms with van der Waals surface area (Å²) < 4.78 is 5.08. The van der Waals surface area contributed by atoms with Gasteiger partial charge >= 0.3 is 0 Å². The van der Waals surface area contributed by atoms with Crippen molar-refractivity contribution in [1.82, 2.24) is 4.90 Å². The van der Waals surface area contributed by atoms with Crippen molar-refractivity contribution >= 4 is 21.8 Å². The largest absolute Gasteiger partial charge is 0.497 e. The summed E-state index contributed by atoms with van der Waals surface area (Å²) in [5.41, 5.74) is 0.735. The van der Waals surface area contributed by atoms with Crippen LogP contribution < -0.4 is 4.74 Å². The van der Waals surface area contributed by atoms with Crippen LogP contribution in [0.15, 0.2) is 24.3 Å². The van der Waals surface area contributed by atoms with Crippen LogP contribution in [0.4, 0.5) is 0 Å². The van der Waals surface area contributed by atoms with Gasteiger partial charge in [0.15, 0.2) is 0 Å². The molecule has 1 fully saturated rings. The van der Waals surface area contributed by atoms with Crippen LogP contribution in [0.25, 0.3) is 0 Å². The number of nitrogens with zero attached hydrogens (tertiary/aromatic N) is 1. The van der Waals surface area contributed by atoms with Crippen molar-refractivity contribution < 1.29 is 9.53 Å². The Bertz CT molecular complexity index is 391. The van der Waals surface area contributed by atoms with Crippen molar-refractivity contribution in [2.75, 3.05) is 19.0 Å². The molecule has 0 saturated carbocycles. The highest BCUT2D eigenvalue weighted by atomic mass is 79.9. The van der Waals surface area contributed by atoms with Gasteiger partial charge in [0.05, 0.1) is 7.11 Å². The third kappa shape index (κ3) is 2.63. The molecule has 3 nitrogen and oxygen atoms in total. The minimum atomic E-state index is 0.120. The van der Waals surface area contributed by atoms with Gasteiger partial charge < -0.3 is 9.64 Å². The maximum absolute atomic E-state index is 12.3. The van der Waals surface area contributed by atoms with Gasteiger partial charge in [-0.3, -0.25) is 4.79 Å². The molecule has 0 spiro atoms. The molecule has 1 aliphatic heterocycles. The molecular formula is C13H16BrNO2. The van der Waals surface area contributed by atoms with Crippen LogP contribution in [0.3, 0.4) is 0 Å². The average molecular weight is 298 g/mol. The molecule has 0 bridgehead atoms. The Labute approximate surface area is 110 Å². The number of carbonyl (C=O) groups is 1. The summed E-state index contributed by atoms with van der Waals surface area (Å²) >= 11 is 3.47. The van der Waals surface area contributed by atoms with Crippen molar-refractivity contribution in [2.24, 2.45) is 0 Å². The van der Waals surface area contributed by atoms with Crippen LogP contribution in [0.5, 0.6) is 5.75 Å². The summed E-state index contributed by atoms with van der Waals surface area (Å²) in [4.78, 5) is 14.2. The molecule has 17 heavy (non-hydrogen) atoms. The molecule has 0 N–H and O–H groups in total. The zero-order valence-electron chi connectivity index (χ0n) is 9.86. The maximum Gasteiger partial charge on any atom is 0.254 e. The number of hydrogen-bond donors (Lipinski definition) is 0. The van der Waals surface area contributed by atoms with E-state index >= 15 is 0 Å². The first-order chi connectivity index (χ1) is 8.26. The fourth-order valence-corrected chi connectivity index (χ4v) is 2.84. The molecular weight excluding hydrogens is 282 g/mol. The fourth-order valence-electron chi connectivity index (χ4n) is 2.16. The molecule has 4 heteroatoms. The third-order valence-electron chi connectivity index (χ3n) is 3.15. The second-order valence-corrected chi connectivity index (χ2v) is 4.82. The van der Waals surface area contributed by atoms with Gasteiger partial charge in [-0.05, 0) is 37.1 Å². The van der Waals surface area contributed by atoms with Gasteiger partial charge in [-0.2, -0.15) is 0 Å². The summed E-state index contributed by atoms with van der Waals surface area (Å²) in [5, 5.41) is 0.856. The number of halogens is 1. The average Bonchev–Trinajstić information content (AvgIpc) is 2.86. The standard InChI is InChI=1S/C13H16BrNO2/c1-17-12-6-4-10(5-7-12)13(16)15-8-2-3-11(15)9-14/h4-7,11H,2-3,8-9H2,1H3/t11-/m0/s1. The molecule has 2 rings (SSSR count). The lowest BCUT2D eigenvalue weighted by molar-refractivity contribution is 0.0750. The predicted molar refractivity (Wildman–Crippen MR) is 70.8 cm³/mol. The molecule has 1 aromatic rings. The van der Waals surface area contributed by atoms with Gasteiger partial charge in [-0.15, -0.1) is 0 Å². The van der Waals surface area contributed by atoms with E-state index in [4.69, 9.17) is 4.74 Å². The molecule has 0 unspecified atom stereocenters. The first-order valence-electron chi connectivity index (χ1n) is 5.77. The molecule has 1 aliphatic rings. The Morgan fingerprint density at radius 3 is 2.76 bits per heavy atom. The number of ether oxygens (including phenoxy) is 1. The molecule has 0 radical (unpaired) electrons. The Morgan fingerprint density at radius 2 is 2.18 bits per heavy atom. The van der Waals surface area contributed by atoms with E-state index in [1.165, 1.54) is 0 Å². The second kappa shape index (κ2) is 5.54. The zero-order valence-corrected chi connectivity index (χ0v) is 11.4. The van der Waals surface area contributed by atoms with E-state index in [1.807, 2.05) is 29.2 Å². The maximum atomic E-state index is 12.3. The molecule has 0 aliphatic carbocycles. The van der Waals surface area contributed by atoms with Crippen LogP contribution in [0.2, 0.25) is 0 Å². The number of carbonyl (C=O) groups excluding carboxylic acids is 1. The van der Waals surface area contributed by atoms with Crippen LogP contribution in [0, 0.1) is 0 Å². The first-order valence-corrected chi connectivity index (χ1v) is 6.89. The normalized spacial score (nSPS) is 19.4. The molecule has 92 valence electrons. The number of methoxy groups -OCH3 is 1. The van der Waals surface area contributed by atoms with Gasteiger partial charge in [-0.1, -0.05) is 15.9 Å². The van der Waals surface area contributed by atoms with Crippen molar-refractivity contribution in [3.05, 3.63) is 29.8 Å². The summed E-state index contributed by atoms with van der Waals surface area (Å²) in [6.07, 6.45) is 2.19. The van der Waals surface area contributed by atoms with Crippen LogP contribution in [-0.2, 0) is 0 Å². The SMILES string of the molecule is COc1ccc(C(=O)N2CCC[C@H]2CBr)cc1. The highest BCUT2D eigenvalue weighted by Crippen LogP contribution is 2.22. The predicted octanol–water partition coefficient (Wildman–Crippen LogP) is 2.69. The van der Waals surface area contributed by atoms with Gasteiger partial charge in [0.1, 0.15) is 5.75 Å². The van der Waals surface area contributed by atoms with Crippen LogP contribution in [-0.4, -0.2) is 35.8 Å².